The van der Waals surface area contributed by atoms with E-state index in [9.17, 15) is 15.1 Å². The molecule has 0 spiro atoms. The van der Waals surface area contributed by atoms with Crippen molar-refractivity contribution in [2.24, 2.45) is 5.10 Å². The van der Waals surface area contributed by atoms with Crippen molar-refractivity contribution in [1.82, 2.24) is 5.43 Å². The summed E-state index contributed by atoms with van der Waals surface area (Å²) < 4.78 is 0.504. The minimum atomic E-state index is -0.551. The number of hydrazone groups is 1. The summed E-state index contributed by atoms with van der Waals surface area (Å²) in [5, 5.41) is 33.3. The van der Waals surface area contributed by atoms with Crippen LogP contribution in [-0.2, 0) is 0 Å². The molecule has 1 aromatic carbocycles. The molecule has 1 amide bonds. The second kappa shape index (κ2) is 5.70. The summed E-state index contributed by atoms with van der Waals surface area (Å²) in [6, 6.07) is 6.88. The molecule has 0 saturated carbocycles. The van der Waals surface area contributed by atoms with Crippen LogP contribution in [0.5, 0.6) is 11.5 Å². The number of phenolic OH excluding ortho intramolecular Hbond substituents is 2. The predicted molar refractivity (Wildman–Crippen MR) is 70.2 cm³/mol. The highest BCUT2D eigenvalue weighted by Crippen LogP contribution is 2.20. The van der Waals surface area contributed by atoms with Crippen LogP contribution in [-0.4, -0.2) is 22.3 Å². The molecule has 1 heterocycles. The summed E-state index contributed by atoms with van der Waals surface area (Å²) in [6.07, 6.45) is 3.60. The molecule has 0 unspecified atom stereocenters. The molecule has 102 valence electrons. The topological polar surface area (TPSA) is 109 Å². The van der Waals surface area contributed by atoms with E-state index in [4.69, 9.17) is 5.11 Å². The van der Waals surface area contributed by atoms with E-state index in [0.717, 1.165) is 12.3 Å². The van der Waals surface area contributed by atoms with Gasteiger partial charge in [0.1, 0.15) is 17.1 Å². The molecule has 0 saturated heterocycles. The number of nitrogens with zero attached hydrogens (tertiary/aromatic N) is 2. The lowest BCUT2D eigenvalue weighted by Crippen LogP contribution is -2.28. The number of aromatic hydroxyl groups is 2. The fourth-order valence-electron chi connectivity index (χ4n) is 1.46. The molecule has 2 aromatic rings. The highest BCUT2D eigenvalue weighted by molar-refractivity contribution is 5.94. The van der Waals surface area contributed by atoms with Gasteiger partial charge in [0.2, 0.25) is 0 Å². The molecular weight excluding hydrogens is 262 g/mol. The number of rotatable bonds is 3. The lowest BCUT2D eigenvalue weighted by molar-refractivity contribution is -0.605. The second-order valence-corrected chi connectivity index (χ2v) is 3.89. The van der Waals surface area contributed by atoms with Gasteiger partial charge in [-0.1, -0.05) is 0 Å². The summed E-state index contributed by atoms with van der Waals surface area (Å²) in [4.78, 5) is 11.6. The number of aromatic nitrogens is 1. The average molecular weight is 273 g/mol. The first-order chi connectivity index (χ1) is 9.56. The van der Waals surface area contributed by atoms with Gasteiger partial charge in [-0.3, -0.25) is 4.79 Å². The van der Waals surface area contributed by atoms with Gasteiger partial charge in [0.05, 0.1) is 6.21 Å². The Labute approximate surface area is 114 Å². The average Bonchev–Trinajstić information content (AvgIpc) is 2.41. The Kier molecular flexibility index (Phi) is 3.80. The minimum Gasteiger partial charge on any atom is -0.619 e. The van der Waals surface area contributed by atoms with Crippen molar-refractivity contribution in [3.05, 3.63) is 59.1 Å². The van der Waals surface area contributed by atoms with Crippen LogP contribution >= 0.6 is 0 Å². The van der Waals surface area contributed by atoms with Gasteiger partial charge in [0, 0.05) is 17.7 Å². The molecule has 0 aliphatic rings. The number of amides is 1. The fourth-order valence-corrected chi connectivity index (χ4v) is 1.46. The standard InChI is InChI=1S/C13H11N3O4/c17-11-4-3-9(12(18)6-11)7-14-15-13(19)10-2-1-5-16(20)8-10/h1-8,17-18H,(H,15,19)/b14-7+. The van der Waals surface area contributed by atoms with E-state index in [1.165, 1.54) is 36.7 Å². The molecule has 20 heavy (non-hydrogen) atoms. The summed E-state index contributed by atoms with van der Waals surface area (Å²) in [7, 11) is 0. The highest BCUT2D eigenvalue weighted by atomic mass is 16.5. The summed E-state index contributed by atoms with van der Waals surface area (Å²) >= 11 is 0. The smallest absolute Gasteiger partial charge is 0.277 e. The van der Waals surface area contributed by atoms with Crippen LogP contribution in [0.3, 0.4) is 0 Å². The molecule has 0 bridgehead atoms. The maximum Gasteiger partial charge on any atom is 0.277 e. The van der Waals surface area contributed by atoms with Gasteiger partial charge in [-0.05, 0) is 18.2 Å². The van der Waals surface area contributed by atoms with Crippen LogP contribution in [0.1, 0.15) is 15.9 Å². The van der Waals surface area contributed by atoms with Gasteiger partial charge in [-0.25, -0.2) is 5.43 Å². The van der Waals surface area contributed by atoms with Gasteiger partial charge in [0.15, 0.2) is 12.4 Å². The molecule has 7 nitrogen and oxygen atoms in total. The van der Waals surface area contributed by atoms with Crippen molar-refractivity contribution < 1.29 is 19.7 Å². The third kappa shape index (κ3) is 3.22. The Morgan fingerprint density at radius 3 is 2.85 bits per heavy atom. The summed E-state index contributed by atoms with van der Waals surface area (Å²) in [5.74, 6) is -0.794. The highest BCUT2D eigenvalue weighted by Gasteiger charge is 2.07. The number of nitrogens with one attached hydrogen (secondary N) is 1. The molecule has 0 aliphatic carbocycles. The fraction of sp³-hybridized carbons (Fsp3) is 0. The van der Waals surface area contributed by atoms with E-state index in [-0.39, 0.29) is 17.1 Å². The van der Waals surface area contributed by atoms with E-state index in [2.05, 4.69) is 10.5 Å². The first-order valence-corrected chi connectivity index (χ1v) is 5.60. The summed E-state index contributed by atoms with van der Waals surface area (Å²) in [6.45, 7) is 0. The van der Waals surface area contributed by atoms with Crippen LogP contribution in [0.4, 0.5) is 0 Å². The summed E-state index contributed by atoms with van der Waals surface area (Å²) in [5.41, 5.74) is 2.71. The molecule has 2 rings (SSSR count). The largest absolute Gasteiger partial charge is 0.619 e. The van der Waals surface area contributed by atoms with Crippen LogP contribution < -0.4 is 10.2 Å². The molecule has 3 N–H and O–H groups in total. The van der Waals surface area contributed by atoms with Gasteiger partial charge >= 0.3 is 0 Å². The molecular formula is C13H11N3O4. The molecule has 0 atom stereocenters. The second-order valence-electron chi connectivity index (χ2n) is 3.89. The Balaban J connectivity index is 2.04. The van der Waals surface area contributed by atoms with Crippen molar-refractivity contribution in [3.63, 3.8) is 0 Å². The van der Waals surface area contributed by atoms with Crippen molar-refractivity contribution in [3.8, 4) is 11.5 Å². The molecule has 0 fully saturated rings. The zero-order chi connectivity index (χ0) is 14.5. The van der Waals surface area contributed by atoms with E-state index < -0.39 is 5.91 Å². The molecule has 0 aliphatic heterocycles. The monoisotopic (exact) mass is 273 g/mol. The Morgan fingerprint density at radius 2 is 2.15 bits per heavy atom. The number of carbonyl (C=O) groups excluding carboxylic acids is 1. The maximum atomic E-state index is 11.6. The lowest BCUT2D eigenvalue weighted by Gasteiger charge is -2.01. The third-order valence-corrected chi connectivity index (χ3v) is 2.42. The van der Waals surface area contributed by atoms with Gasteiger partial charge in [-0.15, -0.1) is 0 Å². The number of carbonyl (C=O) groups is 1. The van der Waals surface area contributed by atoms with Crippen LogP contribution in [0.2, 0.25) is 0 Å². The Bertz CT molecular complexity index is 670. The van der Waals surface area contributed by atoms with Crippen molar-refractivity contribution in [1.29, 1.82) is 0 Å². The zero-order valence-corrected chi connectivity index (χ0v) is 10.2. The number of benzene rings is 1. The maximum absolute atomic E-state index is 11.6. The van der Waals surface area contributed by atoms with E-state index in [1.54, 1.807) is 0 Å². The first-order valence-electron chi connectivity index (χ1n) is 5.60. The first kappa shape index (κ1) is 13.3. The Morgan fingerprint density at radius 1 is 1.35 bits per heavy atom. The van der Waals surface area contributed by atoms with Crippen molar-refractivity contribution in [2.45, 2.75) is 0 Å². The van der Waals surface area contributed by atoms with Gasteiger partial charge in [-0.2, -0.15) is 9.83 Å². The predicted octanol–water partition coefficient (Wildman–Crippen LogP) is 0.495. The molecule has 0 radical (unpaired) electrons. The number of phenols is 2. The van der Waals surface area contributed by atoms with E-state index in [1.807, 2.05) is 0 Å². The third-order valence-electron chi connectivity index (χ3n) is 2.42. The normalized spacial score (nSPS) is 10.6. The number of hydrogen-bond acceptors (Lipinski definition) is 5. The minimum absolute atomic E-state index is 0.0760. The quantitative estimate of drug-likeness (QED) is 0.327. The van der Waals surface area contributed by atoms with Crippen molar-refractivity contribution in [2.75, 3.05) is 0 Å². The SMILES string of the molecule is O=C(N/N=C/c1ccc(O)cc1O)c1ccc[n+]([O-])c1. The van der Waals surface area contributed by atoms with Crippen LogP contribution in [0.15, 0.2) is 47.8 Å². The van der Waals surface area contributed by atoms with Gasteiger partial charge < -0.3 is 15.4 Å². The van der Waals surface area contributed by atoms with Crippen LogP contribution in [0.25, 0.3) is 0 Å². The van der Waals surface area contributed by atoms with E-state index >= 15 is 0 Å². The lowest BCUT2D eigenvalue weighted by atomic mass is 10.2. The number of hydrogen-bond donors (Lipinski definition) is 3. The Hall–Kier alpha value is -3.09. The van der Waals surface area contributed by atoms with Gasteiger partial charge in [0.25, 0.3) is 5.91 Å². The molecule has 7 heteroatoms. The number of pyridine rings is 1. The molecule has 1 aromatic heterocycles. The van der Waals surface area contributed by atoms with E-state index in [0.29, 0.717) is 10.3 Å². The zero-order valence-electron chi connectivity index (χ0n) is 10.2. The van der Waals surface area contributed by atoms with Crippen molar-refractivity contribution >= 4 is 12.1 Å². The van der Waals surface area contributed by atoms with Crippen LogP contribution in [0, 0.1) is 5.21 Å².